The van der Waals surface area contributed by atoms with Crippen LogP contribution in [0.3, 0.4) is 0 Å². The molecular weight excluding hydrogens is 368 g/mol. The fraction of sp³-hybridized carbons (Fsp3) is 0.167. The number of hydrogen-bond donors (Lipinski definition) is 1. The van der Waals surface area contributed by atoms with Crippen molar-refractivity contribution in [2.45, 2.75) is 6.42 Å². The van der Waals surface area contributed by atoms with E-state index in [1.807, 2.05) is 30.3 Å². The van der Waals surface area contributed by atoms with Crippen LogP contribution >= 0.6 is 0 Å². The van der Waals surface area contributed by atoms with Crippen LogP contribution in [-0.2, 0) is 16.5 Å². The highest BCUT2D eigenvalue weighted by atomic mass is 32.2. The Morgan fingerprint density at radius 2 is 1.81 bits per heavy atom. The smallest absolute Gasteiger partial charge is 0.261 e. The fourth-order valence-corrected chi connectivity index (χ4v) is 2.34. The number of benzene rings is 2. The van der Waals surface area contributed by atoms with E-state index in [9.17, 15) is 8.42 Å². The van der Waals surface area contributed by atoms with E-state index in [4.69, 9.17) is 19.8 Å². The first kappa shape index (κ1) is 20.0. The van der Waals surface area contributed by atoms with Crippen LogP contribution in [0.25, 0.3) is 32.5 Å². The van der Waals surface area contributed by atoms with Crippen LogP contribution in [0.1, 0.15) is 11.3 Å². The van der Waals surface area contributed by atoms with Crippen LogP contribution < -0.4 is 0 Å². The molecule has 0 aliphatic heterocycles. The molecule has 3 rings (SSSR count). The fourth-order valence-electron chi connectivity index (χ4n) is 2.34. The lowest BCUT2D eigenvalue weighted by Crippen LogP contribution is -1.88. The van der Waals surface area contributed by atoms with E-state index >= 15 is 0 Å². The monoisotopic (exact) mass is 384 g/mol. The Hall–Kier alpha value is -3.31. The summed E-state index contributed by atoms with van der Waals surface area (Å²) in [4.78, 5) is 2.73. The Balaban J connectivity index is 0.000000465. The summed E-state index contributed by atoms with van der Waals surface area (Å²) in [5.74, 6) is 0.805. The maximum atomic E-state index is 9.19. The van der Waals surface area contributed by atoms with Crippen LogP contribution in [0.2, 0.25) is 0 Å². The summed E-state index contributed by atoms with van der Waals surface area (Å²) in [5, 5.41) is 13.4. The molecule has 138 valence electrons. The number of nitrogens with zero attached hydrogens (tertiary/aromatic N) is 4. The summed E-state index contributed by atoms with van der Waals surface area (Å²) in [6, 6.07) is 17.5. The van der Waals surface area contributed by atoms with Crippen molar-refractivity contribution in [1.82, 2.24) is 0 Å². The average Bonchev–Trinajstić information content (AvgIpc) is 3.02. The minimum absolute atomic E-state index is 0.388. The predicted octanol–water partition coefficient (Wildman–Crippen LogP) is 4.33. The van der Waals surface area contributed by atoms with Gasteiger partial charge in [0.05, 0.1) is 17.9 Å². The number of rotatable bonds is 4. The first-order valence-electron chi connectivity index (χ1n) is 7.76. The first-order valence-corrected chi connectivity index (χ1v) is 9.61. The molecule has 2 aromatic carbocycles. The van der Waals surface area contributed by atoms with Crippen molar-refractivity contribution < 1.29 is 17.4 Å². The summed E-state index contributed by atoms with van der Waals surface area (Å²) >= 11 is 0. The molecule has 0 saturated heterocycles. The SMILES string of the molecule is CS(=O)(=O)O.N#Cc1ccc(-c2ccc3oc(CCN=[N+]=[N-])cc3c2)cc1. The lowest BCUT2D eigenvalue weighted by Gasteiger charge is -2.01. The number of hydrogen-bond acceptors (Lipinski definition) is 5. The molecule has 0 aliphatic rings. The minimum Gasteiger partial charge on any atom is -0.461 e. The van der Waals surface area contributed by atoms with Gasteiger partial charge >= 0.3 is 0 Å². The largest absolute Gasteiger partial charge is 0.461 e. The van der Waals surface area contributed by atoms with Gasteiger partial charge in [-0.25, -0.2) is 0 Å². The van der Waals surface area contributed by atoms with E-state index in [0.717, 1.165) is 27.9 Å². The molecule has 0 spiro atoms. The zero-order valence-corrected chi connectivity index (χ0v) is 15.2. The van der Waals surface area contributed by atoms with Crippen molar-refractivity contribution in [2.24, 2.45) is 5.11 Å². The van der Waals surface area contributed by atoms with Gasteiger partial charge in [0.15, 0.2) is 0 Å². The van der Waals surface area contributed by atoms with Gasteiger partial charge in [-0.15, -0.1) is 0 Å². The second-order valence-electron chi connectivity index (χ2n) is 5.59. The Bertz CT molecular complexity index is 1110. The number of nitriles is 1. The molecule has 1 aromatic heterocycles. The highest BCUT2D eigenvalue weighted by Crippen LogP contribution is 2.27. The standard InChI is InChI=1S/C17H12N4O.CH4O3S/c18-11-12-1-3-13(4-2-12)14-5-6-17-15(9-14)10-16(22-17)7-8-20-21-19;1-5(2,3)4/h1-6,9-10H,7-8H2;1H3,(H,2,3,4). The van der Waals surface area contributed by atoms with Gasteiger partial charge in [0.25, 0.3) is 10.1 Å². The third-order valence-electron chi connectivity index (χ3n) is 3.44. The average molecular weight is 384 g/mol. The molecule has 8 nitrogen and oxygen atoms in total. The maximum absolute atomic E-state index is 9.19. The van der Waals surface area contributed by atoms with Crippen LogP contribution in [-0.4, -0.2) is 25.8 Å². The quantitative estimate of drug-likeness (QED) is 0.308. The van der Waals surface area contributed by atoms with Gasteiger partial charge in [-0.2, -0.15) is 13.7 Å². The normalized spacial score (nSPS) is 10.4. The van der Waals surface area contributed by atoms with E-state index < -0.39 is 10.1 Å². The van der Waals surface area contributed by atoms with Gasteiger partial charge < -0.3 is 4.42 Å². The predicted molar refractivity (Wildman–Crippen MR) is 102 cm³/mol. The summed E-state index contributed by atoms with van der Waals surface area (Å²) < 4.78 is 31.6. The zero-order chi connectivity index (χ0) is 19.9. The molecule has 1 heterocycles. The van der Waals surface area contributed by atoms with Gasteiger partial charge in [0, 0.05) is 23.3 Å². The van der Waals surface area contributed by atoms with Crippen molar-refractivity contribution >= 4 is 21.1 Å². The van der Waals surface area contributed by atoms with Crippen molar-refractivity contribution in [3.05, 3.63) is 70.3 Å². The van der Waals surface area contributed by atoms with Gasteiger partial charge in [-0.1, -0.05) is 23.3 Å². The molecule has 27 heavy (non-hydrogen) atoms. The van der Waals surface area contributed by atoms with Crippen LogP contribution in [0, 0.1) is 11.3 Å². The molecule has 3 aromatic rings. The van der Waals surface area contributed by atoms with Crippen molar-refractivity contribution in [3.63, 3.8) is 0 Å². The third kappa shape index (κ3) is 6.49. The minimum atomic E-state index is -3.67. The molecule has 1 N–H and O–H groups in total. The van der Waals surface area contributed by atoms with Crippen LogP contribution in [0.4, 0.5) is 0 Å². The highest BCUT2D eigenvalue weighted by molar-refractivity contribution is 7.85. The first-order chi connectivity index (χ1) is 12.8. The summed E-state index contributed by atoms with van der Waals surface area (Å²) in [6.45, 7) is 0.388. The van der Waals surface area contributed by atoms with Gasteiger partial charge in [-0.3, -0.25) is 4.55 Å². The molecule has 0 unspecified atom stereocenters. The molecule has 9 heteroatoms. The number of furan rings is 1. The highest BCUT2D eigenvalue weighted by Gasteiger charge is 2.06. The maximum Gasteiger partial charge on any atom is 0.261 e. The Labute approximate surface area is 156 Å². The molecule has 0 fully saturated rings. The van der Waals surface area contributed by atoms with Gasteiger partial charge in [0.1, 0.15) is 11.3 Å². The zero-order valence-electron chi connectivity index (χ0n) is 14.4. The molecule has 0 aliphatic carbocycles. The molecule has 0 amide bonds. The van der Waals surface area contributed by atoms with E-state index in [0.29, 0.717) is 24.8 Å². The molecule has 0 radical (unpaired) electrons. The van der Waals surface area contributed by atoms with Crippen molar-refractivity contribution in [1.29, 1.82) is 5.26 Å². The van der Waals surface area contributed by atoms with E-state index in [2.05, 4.69) is 22.2 Å². The topological polar surface area (TPSA) is 140 Å². The van der Waals surface area contributed by atoms with Crippen LogP contribution in [0.5, 0.6) is 0 Å². The molecule has 0 atom stereocenters. The number of fused-ring (bicyclic) bond motifs is 1. The summed E-state index contributed by atoms with van der Waals surface area (Å²) in [6.07, 6.45) is 1.30. The second kappa shape index (κ2) is 8.87. The number of azide groups is 1. The second-order valence-corrected chi connectivity index (χ2v) is 7.06. The van der Waals surface area contributed by atoms with Gasteiger partial charge in [-0.05, 0) is 47.0 Å². The van der Waals surface area contributed by atoms with E-state index in [1.165, 1.54) is 0 Å². The third-order valence-corrected chi connectivity index (χ3v) is 3.44. The lowest BCUT2D eigenvalue weighted by atomic mass is 10.0. The van der Waals surface area contributed by atoms with Gasteiger partial charge in [0.2, 0.25) is 0 Å². The van der Waals surface area contributed by atoms with Crippen LogP contribution in [0.15, 0.2) is 58.1 Å². The lowest BCUT2D eigenvalue weighted by molar-refractivity contribution is 0.490. The molecule has 0 saturated carbocycles. The van der Waals surface area contributed by atoms with Crippen molar-refractivity contribution in [2.75, 3.05) is 12.8 Å². The Morgan fingerprint density at radius 1 is 1.19 bits per heavy atom. The summed E-state index contributed by atoms with van der Waals surface area (Å²) in [7, 11) is -3.67. The van der Waals surface area contributed by atoms with E-state index in [-0.39, 0.29) is 0 Å². The van der Waals surface area contributed by atoms with Crippen molar-refractivity contribution in [3.8, 4) is 17.2 Å². The molecular formula is C18H16N4O4S. The Morgan fingerprint density at radius 3 is 2.41 bits per heavy atom. The summed E-state index contributed by atoms with van der Waals surface area (Å²) in [5.41, 5.74) is 11.9. The van der Waals surface area contributed by atoms with E-state index in [1.54, 1.807) is 12.1 Å². The molecule has 0 bridgehead atoms. The Kier molecular flexibility index (Phi) is 6.57.